The Morgan fingerprint density at radius 1 is 1.38 bits per heavy atom. The first kappa shape index (κ1) is 17.2. The molecule has 0 bridgehead atoms. The van der Waals surface area contributed by atoms with E-state index < -0.39 is 0 Å². The zero-order chi connectivity index (χ0) is 17.0. The van der Waals surface area contributed by atoms with E-state index >= 15 is 0 Å². The van der Waals surface area contributed by atoms with E-state index in [1.54, 1.807) is 18.4 Å². The van der Waals surface area contributed by atoms with E-state index in [0.29, 0.717) is 5.69 Å². The summed E-state index contributed by atoms with van der Waals surface area (Å²) in [5.41, 5.74) is 1.72. The van der Waals surface area contributed by atoms with Crippen LogP contribution in [0.15, 0.2) is 29.6 Å². The SMILES string of the molecule is COc1cccc(C[C@@]2(CO)CCCN(c3nc(CO)cs3)C2)c1. The molecule has 1 saturated heterocycles. The van der Waals surface area contributed by atoms with Crippen LogP contribution in [0.4, 0.5) is 5.13 Å². The molecule has 1 aromatic carbocycles. The third kappa shape index (κ3) is 3.71. The number of piperidine rings is 1. The van der Waals surface area contributed by atoms with Gasteiger partial charge in [0.15, 0.2) is 5.13 Å². The molecule has 1 aliphatic rings. The van der Waals surface area contributed by atoms with Crippen molar-refractivity contribution in [2.75, 3.05) is 31.7 Å². The van der Waals surface area contributed by atoms with Gasteiger partial charge in [-0.3, -0.25) is 0 Å². The average Bonchev–Trinajstić information content (AvgIpc) is 3.11. The zero-order valence-corrected chi connectivity index (χ0v) is 14.8. The van der Waals surface area contributed by atoms with Gasteiger partial charge in [-0.05, 0) is 37.0 Å². The van der Waals surface area contributed by atoms with Crippen molar-refractivity contribution in [3.63, 3.8) is 0 Å². The highest BCUT2D eigenvalue weighted by atomic mass is 32.1. The maximum Gasteiger partial charge on any atom is 0.185 e. The summed E-state index contributed by atoms with van der Waals surface area (Å²) in [7, 11) is 1.67. The van der Waals surface area contributed by atoms with Crippen LogP contribution in [0, 0.1) is 5.41 Å². The fraction of sp³-hybridized carbons (Fsp3) is 0.500. The lowest BCUT2D eigenvalue weighted by Crippen LogP contribution is -2.46. The minimum absolute atomic E-state index is 0.0285. The zero-order valence-electron chi connectivity index (χ0n) is 13.9. The molecule has 24 heavy (non-hydrogen) atoms. The fourth-order valence-electron chi connectivity index (χ4n) is 3.43. The number of thiazole rings is 1. The van der Waals surface area contributed by atoms with Crippen molar-refractivity contribution in [1.29, 1.82) is 0 Å². The molecule has 0 saturated carbocycles. The molecule has 0 aliphatic carbocycles. The van der Waals surface area contributed by atoms with Gasteiger partial charge >= 0.3 is 0 Å². The number of aromatic nitrogens is 1. The highest BCUT2D eigenvalue weighted by Gasteiger charge is 2.36. The highest BCUT2D eigenvalue weighted by Crippen LogP contribution is 2.36. The van der Waals surface area contributed by atoms with Gasteiger partial charge in [-0.1, -0.05) is 12.1 Å². The van der Waals surface area contributed by atoms with Crippen molar-refractivity contribution in [3.05, 3.63) is 40.9 Å². The summed E-state index contributed by atoms with van der Waals surface area (Å²) < 4.78 is 5.31. The second-order valence-corrected chi connectivity index (χ2v) is 7.33. The predicted octanol–water partition coefficient (Wildman–Crippen LogP) is 2.47. The maximum atomic E-state index is 10.1. The number of ether oxygens (including phenoxy) is 1. The molecule has 1 fully saturated rings. The topological polar surface area (TPSA) is 65.8 Å². The molecular formula is C18H24N2O3S. The van der Waals surface area contributed by atoms with Crippen molar-refractivity contribution in [1.82, 2.24) is 4.98 Å². The second-order valence-electron chi connectivity index (χ2n) is 6.49. The minimum Gasteiger partial charge on any atom is -0.497 e. The third-order valence-corrected chi connectivity index (χ3v) is 5.63. The predicted molar refractivity (Wildman–Crippen MR) is 95.7 cm³/mol. The first-order valence-electron chi connectivity index (χ1n) is 8.22. The van der Waals surface area contributed by atoms with Gasteiger partial charge < -0.3 is 19.8 Å². The quantitative estimate of drug-likeness (QED) is 0.839. The summed E-state index contributed by atoms with van der Waals surface area (Å²) in [5.74, 6) is 0.848. The van der Waals surface area contributed by atoms with E-state index in [9.17, 15) is 10.2 Å². The summed E-state index contributed by atoms with van der Waals surface area (Å²) in [4.78, 5) is 6.72. The van der Waals surface area contributed by atoms with Crippen molar-refractivity contribution in [2.45, 2.75) is 25.9 Å². The van der Waals surface area contributed by atoms with Crippen molar-refractivity contribution >= 4 is 16.5 Å². The molecule has 5 nitrogen and oxygen atoms in total. The van der Waals surface area contributed by atoms with Gasteiger partial charge in [-0.2, -0.15) is 0 Å². The Balaban J connectivity index is 1.77. The molecule has 0 unspecified atom stereocenters. The monoisotopic (exact) mass is 348 g/mol. The molecule has 0 spiro atoms. The van der Waals surface area contributed by atoms with Gasteiger partial charge in [0.25, 0.3) is 0 Å². The molecule has 130 valence electrons. The normalized spacial score (nSPS) is 21.0. The molecular weight excluding hydrogens is 324 g/mol. The van der Waals surface area contributed by atoms with Crippen molar-refractivity contribution in [2.24, 2.45) is 5.41 Å². The standard InChI is InChI=1S/C18H24N2O3S/c1-23-16-5-2-4-14(8-16)9-18(13-22)6-3-7-20(12-18)17-19-15(10-21)11-24-17/h2,4-5,8,11,21-22H,3,6-7,9-10,12-13H2,1H3/t18-/m0/s1. The molecule has 2 N–H and O–H groups in total. The molecule has 0 amide bonds. The van der Waals surface area contributed by atoms with E-state index in [4.69, 9.17) is 4.74 Å². The van der Waals surface area contributed by atoms with Crippen LogP contribution in [-0.4, -0.2) is 42.0 Å². The largest absolute Gasteiger partial charge is 0.497 e. The molecule has 2 heterocycles. The van der Waals surface area contributed by atoms with E-state index in [-0.39, 0.29) is 18.6 Å². The Labute approximate surface area is 146 Å². The molecule has 0 radical (unpaired) electrons. The maximum absolute atomic E-state index is 10.1. The number of hydrogen-bond acceptors (Lipinski definition) is 6. The lowest BCUT2D eigenvalue weighted by atomic mass is 9.76. The third-order valence-electron chi connectivity index (χ3n) is 4.68. The first-order valence-corrected chi connectivity index (χ1v) is 9.10. The Hall–Kier alpha value is -1.63. The number of aliphatic hydroxyl groups is 2. The molecule has 1 aromatic heterocycles. The van der Waals surface area contributed by atoms with Crippen molar-refractivity contribution < 1.29 is 14.9 Å². The van der Waals surface area contributed by atoms with Crippen LogP contribution in [-0.2, 0) is 13.0 Å². The molecule has 6 heteroatoms. The number of hydrogen-bond donors (Lipinski definition) is 2. The Kier molecular flexibility index (Phi) is 5.38. The van der Waals surface area contributed by atoms with Gasteiger partial charge in [0.1, 0.15) is 5.75 Å². The van der Waals surface area contributed by atoms with E-state index in [1.165, 1.54) is 5.56 Å². The summed E-state index contributed by atoms with van der Waals surface area (Å²) in [6.07, 6.45) is 2.84. The Morgan fingerprint density at radius 2 is 2.25 bits per heavy atom. The lowest BCUT2D eigenvalue weighted by Gasteiger charge is -2.42. The van der Waals surface area contributed by atoms with Gasteiger partial charge in [0.05, 0.1) is 26.0 Å². The van der Waals surface area contributed by atoms with Crippen LogP contribution in [0.25, 0.3) is 0 Å². The van der Waals surface area contributed by atoms with Crippen LogP contribution in [0.5, 0.6) is 5.75 Å². The van der Waals surface area contributed by atoms with E-state index in [2.05, 4.69) is 16.0 Å². The van der Waals surface area contributed by atoms with Crippen LogP contribution in [0.1, 0.15) is 24.1 Å². The second kappa shape index (κ2) is 7.51. The van der Waals surface area contributed by atoms with Crippen LogP contribution >= 0.6 is 11.3 Å². The smallest absolute Gasteiger partial charge is 0.185 e. The Morgan fingerprint density at radius 3 is 2.96 bits per heavy atom. The molecule has 2 aromatic rings. The number of anilines is 1. The van der Waals surface area contributed by atoms with Gasteiger partial charge in [-0.25, -0.2) is 4.98 Å². The van der Waals surface area contributed by atoms with Gasteiger partial charge in [0, 0.05) is 23.9 Å². The van der Waals surface area contributed by atoms with Crippen molar-refractivity contribution in [3.8, 4) is 5.75 Å². The molecule has 3 rings (SSSR count). The number of methoxy groups -OCH3 is 1. The molecule has 1 atom stereocenters. The van der Waals surface area contributed by atoms with Crippen LogP contribution in [0.3, 0.4) is 0 Å². The fourth-order valence-corrected chi connectivity index (χ4v) is 4.27. The summed E-state index contributed by atoms with van der Waals surface area (Å²) in [6, 6.07) is 8.07. The van der Waals surface area contributed by atoms with Crippen LogP contribution < -0.4 is 9.64 Å². The molecule has 1 aliphatic heterocycles. The van der Waals surface area contributed by atoms with E-state index in [0.717, 1.165) is 43.2 Å². The summed E-state index contributed by atoms with van der Waals surface area (Å²) >= 11 is 1.56. The lowest BCUT2D eigenvalue weighted by molar-refractivity contribution is 0.105. The minimum atomic E-state index is -0.171. The summed E-state index contributed by atoms with van der Waals surface area (Å²) in [5, 5.41) is 22.2. The average molecular weight is 348 g/mol. The number of benzene rings is 1. The summed E-state index contributed by atoms with van der Waals surface area (Å²) in [6.45, 7) is 1.84. The first-order chi connectivity index (χ1) is 11.7. The number of aliphatic hydroxyl groups excluding tert-OH is 2. The van der Waals surface area contributed by atoms with Gasteiger partial charge in [0.2, 0.25) is 0 Å². The number of nitrogens with zero attached hydrogens (tertiary/aromatic N) is 2. The number of rotatable bonds is 6. The Bertz CT molecular complexity index is 676. The van der Waals surface area contributed by atoms with Gasteiger partial charge in [-0.15, -0.1) is 11.3 Å². The van der Waals surface area contributed by atoms with Crippen LogP contribution in [0.2, 0.25) is 0 Å². The van der Waals surface area contributed by atoms with E-state index in [1.807, 2.05) is 23.6 Å². The highest BCUT2D eigenvalue weighted by molar-refractivity contribution is 7.13.